The maximum Gasteiger partial charge on any atom is 0.326 e. The number of hydrogen-bond acceptors (Lipinski definition) is 3. The van der Waals surface area contributed by atoms with E-state index in [2.05, 4.69) is 13.8 Å². The third-order valence-electron chi connectivity index (χ3n) is 9.30. The van der Waals surface area contributed by atoms with Crippen molar-refractivity contribution in [2.24, 2.45) is 34.5 Å². The third-order valence-corrected chi connectivity index (χ3v) is 9.30. The van der Waals surface area contributed by atoms with E-state index in [1.165, 1.54) is 53.9 Å². The number of fused-ring (bicyclic) bond motifs is 5. The molecule has 4 aliphatic rings. The molecule has 3 amide bonds. The van der Waals surface area contributed by atoms with E-state index in [1.807, 2.05) is 0 Å². The number of ketones is 1. The molecule has 0 radical (unpaired) electrons. The predicted molar refractivity (Wildman–Crippen MR) is 117 cm³/mol. The Kier molecular flexibility index (Phi) is 5.39. The van der Waals surface area contributed by atoms with Crippen LogP contribution in [0, 0.1) is 34.5 Å². The van der Waals surface area contributed by atoms with Crippen LogP contribution in [-0.4, -0.2) is 48.2 Å². The first-order valence-corrected chi connectivity index (χ1v) is 11.9. The molecular formula is C25H38N2O3. The molecule has 0 aromatic rings. The van der Waals surface area contributed by atoms with Gasteiger partial charge in [-0.15, -0.1) is 0 Å². The summed E-state index contributed by atoms with van der Waals surface area (Å²) in [5.41, 5.74) is 1.67. The highest BCUT2D eigenvalue weighted by Crippen LogP contribution is 2.65. The normalized spacial score (nSPS) is 40.0. The Morgan fingerprint density at radius 1 is 1.10 bits per heavy atom. The van der Waals surface area contributed by atoms with Crippen LogP contribution in [0.3, 0.4) is 0 Å². The fourth-order valence-corrected chi connectivity index (χ4v) is 7.66. The molecule has 0 spiro atoms. The monoisotopic (exact) mass is 414 g/mol. The van der Waals surface area contributed by atoms with Gasteiger partial charge < -0.3 is 4.90 Å². The first-order chi connectivity index (χ1) is 14.1. The molecule has 5 heteroatoms. The topological polar surface area (TPSA) is 57.7 Å². The van der Waals surface area contributed by atoms with E-state index in [0.29, 0.717) is 30.2 Å². The fourth-order valence-electron chi connectivity index (χ4n) is 7.66. The molecule has 4 aliphatic carbocycles. The number of carbonyl (C=O) groups is 3. The van der Waals surface area contributed by atoms with Crippen LogP contribution in [0.25, 0.3) is 0 Å². The molecule has 166 valence electrons. The molecule has 0 N–H and O–H groups in total. The second kappa shape index (κ2) is 7.49. The van der Waals surface area contributed by atoms with Gasteiger partial charge in [0, 0.05) is 20.6 Å². The summed E-state index contributed by atoms with van der Waals surface area (Å²) in [6, 6.07) is -0.337. The van der Waals surface area contributed by atoms with E-state index in [1.54, 1.807) is 27.1 Å². The summed E-state index contributed by atoms with van der Waals surface area (Å²) in [4.78, 5) is 41.5. The van der Waals surface area contributed by atoms with E-state index in [0.717, 1.165) is 12.3 Å². The number of amides is 3. The smallest absolute Gasteiger partial charge is 0.326 e. The van der Waals surface area contributed by atoms with Gasteiger partial charge in [-0.1, -0.05) is 25.8 Å². The van der Waals surface area contributed by atoms with Gasteiger partial charge in [0.1, 0.15) is 5.92 Å². The Balaban J connectivity index is 1.63. The number of rotatable bonds is 2. The van der Waals surface area contributed by atoms with Gasteiger partial charge in [0.15, 0.2) is 5.78 Å². The average Bonchev–Trinajstić information content (AvgIpc) is 3.10. The maximum absolute atomic E-state index is 13.3. The van der Waals surface area contributed by atoms with Crippen LogP contribution in [0.5, 0.6) is 0 Å². The Bertz CT molecular complexity index is 787. The summed E-state index contributed by atoms with van der Waals surface area (Å²) < 4.78 is 0. The predicted octanol–water partition coefficient (Wildman–Crippen LogP) is 4.66. The fraction of sp³-hybridized carbons (Fsp3) is 0.800. The van der Waals surface area contributed by atoms with Crippen LogP contribution in [0.1, 0.15) is 72.1 Å². The summed E-state index contributed by atoms with van der Waals surface area (Å²) in [5.74, 6) is 0.917. The van der Waals surface area contributed by atoms with Crippen molar-refractivity contribution < 1.29 is 14.4 Å². The molecule has 6 atom stereocenters. The second-order valence-corrected chi connectivity index (χ2v) is 11.0. The van der Waals surface area contributed by atoms with Crippen molar-refractivity contribution in [2.45, 2.75) is 72.1 Å². The lowest BCUT2D eigenvalue weighted by molar-refractivity contribution is -0.141. The standard InChI is InChI=1S/C25H38N2O3/c1-6-27(23(30)26(4)5)22(29)18-15-25(3)16(14-21(18)28)9-10-17-19-8-7-12-24(19,2)13-11-20(17)25/h14,17-20H,6-13,15H2,1-5H3/t17-,18?,19-,20+,24-,25-/m0/s1. The van der Waals surface area contributed by atoms with Crippen LogP contribution >= 0.6 is 0 Å². The van der Waals surface area contributed by atoms with Gasteiger partial charge in [-0.2, -0.15) is 0 Å². The molecule has 3 fully saturated rings. The lowest BCUT2D eigenvalue weighted by atomic mass is 9.47. The van der Waals surface area contributed by atoms with Gasteiger partial charge in [-0.05, 0) is 86.5 Å². The first-order valence-electron chi connectivity index (χ1n) is 11.9. The molecule has 0 aliphatic heterocycles. The Labute approximate surface area is 181 Å². The van der Waals surface area contributed by atoms with Crippen molar-refractivity contribution in [3.8, 4) is 0 Å². The average molecular weight is 415 g/mol. The van der Waals surface area contributed by atoms with Gasteiger partial charge in [-0.3, -0.25) is 14.5 Å². The number of imide groups is 1. The summed E-state index contributed by atoms with van der Waals surface area (Å²) in [6.07, 6.45) is 11.1. The van der Waals surface area contributed by atoms with Crippen LogP contribution in [0.2, 0.25) is 0 Å². The molecule has 0 heterocycles. The van der Waals surface area contributed by atoms with E-state index in [-0.39, 0.29) is 23.1 Å². The lowest BCUT2D eigenvalue weighted by Crippen LogP contribution is -2.53. The highest BCUT2D eigenvalue weighted by atomic mass is 16.2. The molecule has 1 unspecified atom stereocenters. The van der Waals surface area contributed by atoms with Gasteiger partial charge >= 0.3 is 6.03 Å². The molecular weight excluding hydrogens is 376 g/mol. The van der Waals surface area contributed by atoms with E-state index in [4.69, 9.17) is 0 Å². The molecule has 3 saturated carbocycles. The summed E-state index contributed by atoms with van der Waals surface area (Å²) >= 11 is 0. The third kappa shape index (κ3) is 3.15. The van der Waals surface area contributed by atoms with Gasteiger partial charge in [-0.25, -0.2) is 4.79 Å². The minimum absolute atomic E-state index is 0.0956. The van der Waals surface area contributed by atoms with E-state index < -0.39 is 5.92 Å². The van der Waals surface area contributed by atoms with E-state index >= 15 is 0 Å². The molecule has 0 aromatic heterocycles. The van der Waals surface area contributed by atoms with Crippen molar-refractivity contribution in [3.63, 3.8) is 0 Å². The highest BCUT2D eigenvalue weighted by Gasteiger charge is 2.58. The summed E-state index contributed by atoms with van der Waals surface area (Å²) in [7, 11) is 3.29. The molecule has 4 rings (SSSR count). The Morgan fingerprint density at radius 2 is 1.83 bits per heavy atom. The van der Waals surface area contributed by atoms with Crippen molar-refractivity contribution in [1.82, 2.24) is 9.80 Å². The molecule has 30 heavy (non-hydrogen) atoms. The Hall–Kier alpha value is -1.65. The lowest BCUT2D eigenvalue weighted by Gasteiger charge is -2.58. The first kappa shape index (κ1) is 21.6. The summed E-state index contributed by atoms with van der Waals surface area (Å²) in [6.45, 7) is 6.90. The number of nitrogens with zero attached hydrogens (tertiary/aromatic N) is 2. The molecule has 5 nitrogen and oxygen atoms in total. The molecule has 0 bridgehead atoms. The minimum atomic E-state index is -0.724. The molecule has 0 saturated heterocycles. The van der Waals surface area contributed by atoms with E-state index in [9.17, 15) is 14.4 Å². The van der Waals surface area contributed by atoms with Crippen LogP contribution in [-0.2, 0) is 9.59 Å². The zero-order valence-electron chi connectivity index (χ0n) is 19.4. The van der Waals surface area contributed by atoms with Gasteiger partial charge in [0.05, 0.1) is 0 Å². The quantitative estimate of drug-likeness (QED) is 0.617. The molecule has 0 aromatic carbocycles. The number of urea groups is 1. The van der Waals surface area contributed by atoms with Crippen molar-refractivity contribution in [1.29, 1.82) is 0 Å². The highest BCUT2D eigenvalue weighted by molar-refractivity contribution is 6.11. The maximum atomic E-state index is 13.3. The SMILES string of the molecule is CCN(C(=O)C1C[C@@]2(C)C(=CC1=O)CC[C@@H]1[C@H]2CC[C@]2(C)CCC[C@@H]12)C(=O)N(C)C. The zero-order valence-corrected chi connectivity index (χ0v) is 19.4. The summed E-state index contributed by atoms with van der Waals surface area (Å²) in [5, 5.41) is 0. The second-order valence-electron chi connectivity index (χ2n) is 11.0. The van der Waals surface area contributed by atoms with Crippen molar-refractivity contribution in [3.05, 3.63) is 11.6 Å². The van der Waals surface area contributed by atoms with Crippen molar-refractivity contribution in [2.75, 3.05) is 20.6 Å². The minimum Gasteiger partial charge on any atom is -0.330 e. The van der Waals surface area contributed by atoms with Crippen LogP contribution in [0.4, 0.5) is 4.79 Å². The Morgan fingerprint density at radius 3 is 2.50 bits per heavy atom. The number of carbonyl (C=O) groups excluding carboxylic acids is 3. The van der Waals surface area contributed by atoms with Crippen LogP contribution in [0.15, 0.2) is 11.6 Å². The number of allylic oxidation sites excluding steroid dienone is 1. The van der Waals surface area contributed by atoms with Crippen LogP contribution < -0.4 is 0 Å². The van der Waals surface area contributed by atoms with Gasteiger partial charge in [0.25, 0.3) is 0 Å². The van der Waals surface area contributed by atoms with Crippen molar-refractivity contribution >= 4 is 17.7 Å². The number of hydrogen-bond donors (Lipinski definition) is 0. The largest absolute Gasteiger partial charge is 0.330 e. The zero-order chi connectivity index (χ0) is 21.8. The van der Waals surface area contributed by atoms with Gasteiger partial charge in [0.2, 0.25) is 5.91 Å².